The van der Waals surface area contributed by atoms with Crippen molar-refractivity contribution in [2.45, 2.75) is 18.3 Å². The molecule has 9 rings (SSSR count). The molecule has 5 aromatic rings. The van der Waals surface area contributed by atoms with Crippen molar-refractivity contribution in [3.05, 3.63) is 143 Å². The first-order valence-electron chi connectivity index (χ1n) is 13.8. The SMILES string of the molecule is Cc1ccc(N=CC23c4ccccc4C(c4ccccc42)[C@@H]2C(=O)N(c4cccc5ccccc45)C(=O)[C@H]23)cc1. The number of aryl methyl sites for hydroxylation is 1. The van der Waals surface area contributed by atoms with E-state index in [0.29, 0.717) is 5.69 Å². The Morgan fingerprint density at radius 1 is 0.700 bits per heavy atom. The van der Waals surface area contributed by atoms with Crippen LogP contribution in [0.4, 0.5) is 11.4 Å². The topological polar surface area (TPSA) is 49.7 Å². The van der Waals surface area contributed by atoms with Crippen LogP contribution in [0.15, 0.2) is 120 Å². The molecule has 2 atom stereocenters. The second kappa shape index (κ2) is 8.33. The van der Waals surface area contributed by atoms with Crippen molar-refractivity contribution in [2.75, 3.05) is 4.90 Å². The normalized spacial score (nSPS) is 24.4. The second-order valence-corrected chi connectivity index (χ2v) is 11.1. The van der Waals surface area contributed by atoms with Gasteiger partial charge in [0.15, 0.2) is 0 Å². The summed E-state index contributed by atoms with van der Waals surface area (Å²) in [6, 6.07) is 38.5. The molecule has 1 fully saturated rings. The molecule has 1 heterocycles. The molecule has 0 aromatic heterocycles. The largest absolute Gasteiger partial charge is 0.274 e. The molecule has 5 aromatic carbocycles. The number of aliphatic imine (C=N–C) groups is 1. The summed E-state index contributed by atoms with van der Waals surface area (Å²) < 4.78 is 0. The summed E-state index contributed by atoms with van der Waals surface area (Å²) in [5.41, 5.74) is 6.12. The van der Waals surface area contributed by atoms with Crippen LogP contribution in [0.3, 0.4) is 0 Å². The van der Waals surface area contributed by atoms with E-state index in [1.54, 1.807) is 0 Å². The van der Waals surface area contributed by atoms with Crippen LogP contribution in [-0.2, 0) is 15.0 Å². The van der Waals surface area contributed by atoms with E-state index in [0.717, 1.165) is 44.3 Å². The van der Waals surface area contributed by atoms with Crippen LogP contribution in [-0.4, -0.2) is 18.0 Å². The Hall–Kier alpha value is -4.83. The van der Waals surface area contributed by atoms with Crippen LogP contribution in [0.2, 0.25) is 0 Å². The van der Waals surface area contributed by atoms with Crippen molar-refractivity contribution in [3.8, 4) is 0 Å². The highest BCUT2D eigenvalue weighted by Gasteiger charge is 2.68. The lowest BCUT2D eigenvalue weighted by atomic mass is 9.47. The van der Waals surface area contributed by atoms with Gasteiger partial charge >= 0.3 is 0 Å². The molecule has 3 aliphatic carbocycles. The first-order chi connectivity index (χ1) is 19.6. The third-order valence-corrected chi connectivity index (χ3v) is 9.14. The van der Waals surface area contributed by atoms with Crippen LogP contribution in [0.25, 0.3) is 10.8 Å². The highest BCUT2D eigenvalue weighted by atomic mass is 16.2. The lowest BCUT2D eigenvalue weighted by molar-refractivity contribution is -0.122. The molecule has 40 heavy (non-hydrogen) atoms. The van der Waals surface area contributed by atoms with Gasteiger partial charge < -0.3 is 0 Å². The molecule has 0 N–H and O–H groups in total. The number of rotatable bonds is 3. The Kier molecular flexibility index (Phi) is 4.81. The summed E-state index contributed by atoms with van der Waals surface area (Å²) in [6.07, 6.45) is 1.96. The average molecular weight is 519 g/mol. The van der Waals surface area contributed by atoms with Crippen LogP contribution in [0.5, 0.6) is 0 Å². The number of nitrogens with zero attached hydrogens (tertiary/aromatic N) is 2. The number of anilines is 1. The van der Waals surface area contributed by atoms with E-state index in [4.69, 9.17) is 4.99 Å². The molecule has 0 radical (unpaired) electrons. The maximum Gasteiger partial charge on any atom is 0.239 e. The molecule has 2 bridgehead atoms. The number of carbonyl (C=O) groups is 2. The maximum absolute atomic E-state index is 14.7. The van der Waals surface area contributed by atoms with Crippen LogP contribution < -0.4 is 4.90 Å². The molecule has 0 saturated carbocycles. The van der Waals surface area contributed by atoms with E-state index in [1.807, 2.05) is 97.2 Å². The molecular weight excluding hydrogens is 492 g/mol. The summed E-state index contributed by atoms with van der Waals surface area (Å²) in [6.45, 7) is 2.05. The minimum absolute atomic E-state index is 0.131. The molecular formula is C36H26N2O2. The van der Waals surface area contributed by atoms with Crippen molar-refractivity contribution in [3.63, 3.8) is 0 Å². The van der Waals surface area contributed by atoms with Crippen molar-refractivity contribution >= 4 is 40.2 Å². The highest BCUT2D eigenvalue weighted by Crippen LogP contribution is 2.64. The van der Waals surface area contributed by atoms with Gasteiger partial charge in [0.05, 0.1) is 28.6 Å². The number of imide groups is 1. The van der Waals surface area contributed by atoms with Gasteiger partial charge in [-0.25, -0.2) is 4.90 Å². The number of carbonyl (C=O) groups excluding carboxylic acids is 2. The van der Waals surface area contributed by atoms with Crippen molar-refractivity contribution in [1.82, 2.24) is 0 Å². The summed E-state index contributed by atoms with van der Waals surface area (Å²) in [4.78, 5) is 35.7. The summed E-state index contributed by atoms with van der Waals surface area (Å²) in [7, 11) is 0. The predicted molar refractivity (Wildman–Crippen MR) is 158 cm³/mol. The van der Waals surface area contributed by atoms with Gasteiger partial charge in [0, 0.05) is 17.5 Å². The smallest absolute Gasteiger partial charge is 0.239 e. The Morgan fingerprint density at radius 3 is 2.05 bits per heavy atom. The van der Waals surface area contributed by atoms with Gasteiger partial charge in [0.1, 0.15) is 0 Å². The van der Waals surface area contributed by atoms with Gasteiger partial charge in [-0.1, -0.05) is 103 Å². The number of amides is 2. The number of hydrogen-bond acceptors (Lipinski definition) is 3. The third kappa shape index (κ3) is 2.93. The van der Waals surface area contributed by atoms with E-state index in [-0.39, 0.29) is 17.7 Å². The van der Waals surface area contributed by atoms with Gasteiger partial charge in [0.25, 0.3) is 0 Å². The number of fused-ring (bicyclic) bond motifs is 1. The highest BCUT2D eigenvalue weighted by molar-refractivity contribution is 6.27. The van der Waals surface area contributed by atoms with Crippen molar-refractivity contribution in [2.24, 2.45) is 16.8 Å². The lowest BCUT2D eigenvalue weighted by Gasteiger charge is -2.52. The molecule has 1 aliphatic heterocycles. The lowest BCUT2D eigenvalue weighted by Crippen LogP contribution is -2.54. The third-order valence-electron chi connectivity index (χ3n) is 9.14. The number of benzene rings is 5. The summed E-state index contributed by atoms with van der Waals surface area (Å²) in [5, 5.41) is 1.90. The van der Waals surface area contributed by atoms with Crippen molar-refractivity contribution < 1.29 is 9.59 Å². The maximum atomic E-state index is 14.7. The fourth-order valence-electron chi connectivity index (χ4n) is 7.50. The Labute approximate surface area is 232 Å². The summed E-state index contributed by atoms with van der Waals surface area (Å²) >= 11 is 0. The predicted octanol–water partition coefficient (Wildman–Crippen LogP) is 7.10. The minimum atomic E-state index is -0.871. The molecule has 2 amide bonds. The molecule has 4 nitrogen and oxygen atoms in total. The Bertz CT molecular complexity index is 1830. The van der Waals surface area contributed by atoms with Gasteiger partial charge in [-0.3, -0.25) is 14.6 Å². The Balaban J connectivity index is 1.40. The molecule has 4 aliphatic rings. The van der Waals surface area contributed by atoms with Crippen LogP contribution in [0.1, 0.15) is 33.7 Å². The van der Waals surface area contributed by atoms with Crippen LogP contribution >= 0.6 is 0 Å². The van der Waals surface area contributed by atoms with Crippen molar-refractivity contribution in [1.29, 1.82) is 0 Å². The quantitative estimate of drug-likeness (QED) is 0.189. The first kappa shape index (κ1) is 23.1. The zero-order valence-electron chi connectivity index (χ0n) is 22.0. The molecule has 4 heteroatoms. The second-order valence-electron chi connectivity index (χ2n) is 11.1. The van der Waals surface area contributed by atoms with E-state index in [9.17, 15) is 9.59 Å². The minimum Gasteiger partial charge on any atom is -0.274 e. The van der Waals surface area contributed by atoms with E-state index in [1.165, 1.54) is 4.90 Å². The zero-order valence-corrected chi connectivity index (χ0v) is 22.0. The van der Waals surface area contributed by atoms with Crippen LogP contribution in [0, 0.1) is 18.8 Å². The summed E-state index contributed by atoms with van der Waals surface area (Å²) in [5.74, 6) is -1.59. The Morgan fingerprint density at radius 2 is 1.32 bits per heavy atom. The van der Waals surface area contributed by atoms with E-state index in [2.05, 4.69) is 31.2 Å². The van der Waals surface area contributed by atoms with E-state index < -0.39 is 17.3 Å². The zero-order chi connectivity index (χ0) is 27.0. The van der Waals surface area contributed by atoms with E-state index >= 15 is 0 Å². The molecule has 192 valence electrons. The first-order valence-corrected chi connectivity index (χ1v) is 13.8. The molecule has 1 saturated heterocycles. The molecule has 0 unspecified atom stereocenters. The molecule has 0 spiro atoms. The average Bonchev–Trinajstić information content (AvgIpc) is 3.27. The number of hydrogen-bond donors (Lipinski definition) is 0. The van der Waals surface area contributed by atoms with Gasteiger partial charge in [-0.05, 0) is 52.8 Å². The standard InChI is InChI=1S/C36H26N2O2/c1-22-17-19-24(20-18-22)37-21-36-28-14-6-4-12-26(28)31(27-13-5-7-15-29(27)36)32-33(36)35(40)38(34(32)39)30-16-8-10-23-9-2-3-11-25(23)30/h2-21,31-33H,1H3/t31?,32-,33-,36?/m0/s1. The fraction of sp³-hybridized carbons (Fsp3) is 0.139. The van der Waals surface area contributed by atoms with Gasteiger partial charge in [0.2, 0.25) is 11.8 Å². The fourth-order valence-corrected chi connectivity index (χ4v) is 7.50. The van der Waals surface area contributed by atoms with Gasteiger partial charge in [-0.2, -0.15) is 0 Å². The van der Waals surface area contributed by atoms with Gasteiger partial charge in [-0.15, -0.1) is 0 Å². The monoisotopic (exact) mass is 518 g/mol.